The molecule has 4 bridgehead atoms. The predicted molar refractivity (Wildman–Crippen MR) is 111 cm³/mol. The van der Waals surface area contributed by atoms with E-state index in [2.05, 4.69) is 42.6 Å². The number of benzene rings is 1. The molecule has 3 nitrogen and oxygen atoms in total. The lowest BCUT2D eigenvalue weighted by atomic mass is 9.41. The van der Waals surface area contributed by atoms with E-state index in [1.807, 2.05) is 0 Å². The molecular weight excluding hydrogens is 346 g/mol. The molecule has 1 aromatic rings. The summed E-state index contributed by atoms with van der Waals surface area (Å²) in [6.07, 6.45) is 9.20. The number of aliphatic hydroxyl groups is 1. The van der Waals surface area contributed by atoms with Gasteiger partial charge in [-0.2, -0.15) is 0 Å². The number of carbonyl (C=O) groups excluding carboxylic acids is 1. The van der Waals surface area contributed by atoms with Crippen molar-refractivity contribution < 1.29 is 9.90 Å². The monoisotopic (exact) mass is 381 g/mol. The van der Waals surface area contributed by atoms with Crippen LogP contribution in [-0.2, 0) is 10.2 Å². The van der Waals surface area contributed by atoms with E-state index in [1.54, 1.807) is 0 Å². The largest absolute Gasteiger partial charge is 0.393 e. The lowest BCUT2D eigenvalue weighted by Gasteiger charge is -2.63. The van der Waals surface area contributed by atoms with Gasteiger partial charge >= 0.3 is 0 Å². The van der Waals surface area contributed by atoms with Crippen LogP contribution in [0.15, 0.2) is 30.3 Å². The number of hydrogen-bond donors (Lipinski definition) is 2. The first-order valence-corrected chi connectivity index (χ1v) is 11.6. The third-order valence-electron chi connectivity index (χ3n) is 9.12. The second-order valence-electron chi connectivity index (χ2n) is 10.4. The first-order chi connectivity index (χ1) is 13.6. The van der Waals surface area contributed by atoms with Crippen LogP contribution in [0.3, 0.4) is 0 Å². The number of hydrogen-bond acceptors (Lipinski definition) is 2. The molecule has 0 saturated heterocycles. The van der Waals surface area contributed by atoms with Gasteiger partial charge in [0.15, 0.2) is 0 Å². The fraction of sp³-hybridized carbons (Fsp3) is 0.720. The van der Waals surface area contributed by atoms with Crippen LogP contribution in [0.1, 0.15) is 70.3 Å². The maximum atomic E-state index is 13.3. The standard InChI is InChI=1S/C25H35NO2/c1-16-17-11-20-13-18(16)14-21(12-17)25(20,19-5-3-2-4-6-19)15-24(28)26-22-7-9-23(27)10-8-22/h2-6,16-18,20-23,27H,7-15H2,1H3,(H,26,28). The Bertz CT molecular complexity index is 677. The zero-order chi connectivity index (χ0) is 19.3. The predicted octanol–water partition coefficient (Wildman–Crippen LogP) is 4.44. The van der Waals surface area contributed by atoms with E-state index in [1.165, 1.54) is 31.2 Å². The van der Waals surface area contributed by atoms with Crippen molar-refractivity contribution in [3.05, 3.63) is 35.9 Å². The molecule has 5 saturated carbocycles. The van der Waals surface area contributed by atoms with Gasteiger partial charge in [0.05, 0.1) is 6.10 Å². The summed E-state index contributed by atoms with van der Waals surface area (Å²) in [5.74, 6) is 4.19. The SMILES string of the molecule is CC1C2CC3CC1CC(C2)C3(CC(=O)NC1CCC(O)CC1)c1ccccc1. The Labute approximate surface area is 169 Å². The number of nitrogens with one attached hydrogen (secondary N) is 1. The molecule has 152 valence electrons. The van der Waals surface area contributed by atoms with E-state index in [9.17, 15) is 9.90 Å². The van der Waals surface area contributed by atoms with Crippen molar-refractivity contribution in [2.75, 3.05) is 0 Å². The fourth-order valence-corrected chi connectivity index (χ4v) is 7.64. The van der Waals surface area contributed by atoms with Gasteiger partial charge < -0.3 is 10.4 Å². The second kappa shape index (κ2) is 7.16. The Balaban J connectivity index is 1.40. The van der Waals surface area contributed by atoms with E-state index in [4.69, 9.17) is 0 Å². The quantitative estimate of drug-likeness (QED) is 0.810. The highest BCUT2D eigenvalue weighted by Crippen LogP contribution is 2.65. The minimum atomic E-state index is -0.171. The molecule has 0 unspecified atom stereocenters. The third-order valence-corrected chi connectivity index (χ3v) is 9.12. The first-order valence-electron chi connectivity index (χ1n) is 11.6. The summed E-state index contributed by atoms with van der Waals surface area (Å²) < 4.78 is 0. The minimum Gasteiger partial charge on any atom is -0.393 e. The van der Waals surface area contributed by atoms with Crippen LogP contribution in [0.2, 0.25) is 0 Å². The molecule has 6 rings (SSSR count). The summed E-state index contributed by atoms with van der Waals surface area (Å²) in [4.78, 5) is 13.3. The van der Waals surface area contributed by atoms with E-state index in [0.29, 0.717) is 18.3 Å². The summed E-state index contributed by atoms with van der Waals surface area (Å²) in [6, 6.07) is 11.2. The van der Waals surface area contributed by atoms with Gasteiger partial charge in [-0.1, -0.05) is 37.3 Å². The van der Waals surface area contributed by atoms with Gasteiger partial charge in [-0.3, -0.25) is 4.79 Å². The first kappa shape index (κ1) is 18.7. The molecule has 0 spiro atoms. The van der Waals surface area contributed by atoms with Crippen LogP contribution in [0.5, 0.6) is 0 Å². The zero-order valence-electron chi connectivity index (χ0n) is 17.1. The number of aliphatic hydroxyl groups excluding tert-OH is 1. The highest BCUT2D eigenvalue weighted by molar-refractivity contribution is 5.78. The van der Waals surface area contributed by atoms with Gasteiger partial charge in [0.2, 0.25) is 5.91 Å². The van der Waals surface area contributed by atoms with Crippen molar-refractivity contribution in [1.29, 1.82) is 0 Å². The van der Waals surface area contributed by atoms with Gasteiger partial charge in [-0.25, -0.2) is 0 Å². The van der Waals surface area contributed by atoms with Crippen molar-refractivity contribution >= 4 is 5.91 Å². The summed E-state index contributed by atoms with van der Waals surface area (Å²) >= 11 is 0. The molecular formula is C25H35NO2. The Morgan fingerprint density at radius 1 is 1.00 bits per heavy atom. The maximum absolute atomic E-state index is 13.3. The van der Waals surface area contributed by atoms with Crippen molar-refractivity contribution in [3.8, 4) is 0 Å². The second-order valence-corrected chi connectivity index (χ2v) is 10.4. The van der Waals surface area contributed by atoms with E-state index in [-0.39, 0.29) is 23.5 Å². The average molecular weight is 382 g/mol. The van der Waals surface area contributed by atoms with Crippen molar-refractivity contribution in [2.24, 2.45) is 29.6 Å². The van der Waals surface area contributed by atoms with Gasteiger partial charge in [0.1, 0.15) is 0 Å². The summed E-state index contributed by atoms with van der Waals surface area (Å²) in [5.41, 5.74) is 1.44. The average Bonchev–Trinajstić information content (AvgIpc) is 2.69. The zero-order valence-corrected chi connectivity index (χ0v) is 17.1. The Morgan fingerprint density at radius 3 is 2.14 bits per heavy atom. The van der Waals surface area contributed by atoms with Gasteiger partial charge in [-0.05, 0) is 86.5 Å². The summed E-state index contributed by atoms with van der Waals surface area (Å²) in [7, 11) is 0. The normalized spacial score (nSPS) is 44.4. The highest BCUT2D eigenvalue weighted by Gasteiger charge is 2.60. The molecule has 0 atom stereocenters. The third kappa shape index (κ3) is 3.01. The molecule has 0 aliphatic heterocycles. The topological polar surface area (TPSA) is 49.3 Å². The molecule has 1 amide bonds. The van der Waals surface area contributed by atoms with Crippen LogP contribution in [0.4, 0.5) is 0 Å². The maximum Gasteiger partial charge on any atom is 0.221 e. The van der Waals surface area contributed by atoms with Gasteiger partial charge in [0, 0.05) is 17.9 Å². The van der Waals surface area contributed by atoms with E-state index in [0.717, 1.165) is 43.4 Å². The Hall–Kier alpha value is -1.35. The van der Waals surface area contributed by atoms with Crippen LogP contribution < -0.4 is 5.32 Å². The minimum absolute atomic E-state index is 0.0344. The van der Waals surface area contributed by atoms with Crippen LogP contribution in [0.25, 0.3) is 0 Å². The summed E-state index contributed by atoms with van der Waals surface area (Å²) in [5, 5.41) is 13.1. The summed E-state index contributed by atoms with van der Waals surface area (Å²) in [6.45, 7) is 2.47. The fourth-order valence-electron chi connectivity index (χ4n) is 7.64. The number of carbonyl (C=O) groups is 1. The molecule has 1 aromatic carbocycles. The molecule has 28 heavy (non-hydrogen) atoms. The molecule has 3 heteroatoms. The lowest BCUT2D eigenvalue weighted by Crippen LogP contribution is -2.59. The van der Waals surface area contributed by atoms with Crippen molar-refractivity contribution in [1.82, 2.24) is 5.32 Å². The van der Waals surface area contributed by atoms with Crippen molar-refractivity contribution in [3.63, 3.8) is 0 Å². The van der Waals surface area contributed by atoms with E-state index < -0.39 is 0 Å². The van der Waals surface area contributed by atoms with Gasteiger partial charge in [0.25, 0.3) is 0 Å². The van der Waals surface area contributed by atoms with Gasteiger partial charge in [-0.15, -0.1) is 0 Å². The Morgan fingerprint density at radius 2 is 1.57 bits per heavy atom. The van der Waals surface area contributed by atoms with Crippen molar-refractivity contribution in [2.45, 2.75) is 82.3 Å². The molecule has 0 radical (unpaired) electrons. The van der Waals surface area contributed by atoms with E-state index >= 15 is 0 Å². The molecule has 0 aromatic heterocycles. The molecule has 2 N–H and O–H groups in total. The highest BCUT2D eigenvalue weighted by atomic mass is 16.3. The smallest absolute Gasteiger partial charge is 0.221 e. The molecule has 0 heterocycles. The Kier molecular flexibility index (Phi) is 4.77. The number of amides is 1. The molecule has 5 aliphatic carbocycles. The number of rotatable bonds is 4. The molecule has 5 fully saturated rings. The molecule has 5 aliphatic rings. The van der Waals surface area contributed by atoms with Crippen LogP contribution in [-0.4, -0.2) is 23.2 Å². The lowest BCUT2D eigenvalue weighted by molar-refractivity contribution is -0.134. The van der Waals surface area contributed by atoms with Crippen LogP contribution >= 0.6 is 0 Å². The van der Waals surface area contributed by atoms with Crippen LogP contribution in [0, 0.1) is 29.6 Å².